The average Bonchev–Trinajstić information content (AvgIpc) is 3.18. The van der Waals surface area contributed by atoms with Gasteiger partial charge in [0.1, 0.15) is 5.82 Å². The summed E-state index contributed by atoms with van der Waals surface area (Å²) >= 11 is 2.80. The second-order valence-corrected chi connectivity index (χ2v) is 8.94. The molecular formula is C21H23FN4OS2. The van der Waals surface area contributed by atoms with Gasteiger partial charge in [0.25, 0.3) is 0 Å². The van der Waals surface area contributed by atoms with Crippen molar-refractivity contribution in [2.75, 3.05) is 11.1 Å². The Morgan fingerprint density at radius 3 is 2.52 bits per heavy atom. The Hall–Kier alpha value is -2.45. The first-order chi connectivity index (χ1) is 14.0. The number of anilines is 1. The normalized spacial score (nSPS) is 10.9. The van der Waals surface area contributed by atoms with E-state index in [1.165, 1.54) is 35.2 Å². The fraction of sp³-hybridized carbons (Fsp3) is 0.286. The summed E-state index contributed by atoms with van der Waals surface area (Å²) in [7, 11) is 0. The third kappa shape index (κ3) is 6.54. The fourth-order valence-corrected chi connectivity index (χ4v) is 4.30. The van der Waals surface area contributed by atoms with Gasteiger partial charge >= 0.3 is 0 Å². The molecule has 0 fully saturated rings. The minimum atomic E-state index is -0.254. The third-order valence-corrected chi connectivity index (χ3v) is 6.22. The van der Waals surface area contributed by atoms with Crippen molar-refractivity contribution >= 4 is 34.1 Å². The van der Waals surface area contributed by atoms with Crippen molar-refractivity contribution in [3.63, 3.8) is 0 Å². The van der Waals surface area contributed by atoms with E-state index in [9.17, 15) is 9.18 Å². The summed E-state index contributed by atoms with van der Waals surface area (Å²) in [6.45, 7) is 5.18. The maximum absolute atomic E-state index is 13.0. The molecule has 0 radical (unpaired) electrons. The second-order valence-electron chi connectivity index (χ2n) is 6.74. The van der Waals surface area contributed by atoms with Crippen molar-refractivity contribution in [2.24, 2.45) is 0 Å². The zero-order valence-electron chi connectivity index (χ0n) is 16.3. The van der Waals surface area contributed by atoms with E-state index in [1.807, 2.05) is 49.1 Å². The predicted octanol–water partition coefficient (Wildman–Crippen LogP) is 4.82. The van der Waals surface area contributed by atoms with Gasteiger partial charge in [-0.05, 0) is 37.1 Å². The topological polar surface area (TPSA) is 58.1 Å². The molecule has 0 atom stereocenters. The van der Waals surface area contributed by atoms with E-state index in [1.54, 1.807) is 12.1 Å². The highest BCUT2D eigenvalue weighted by Crippen LogP contribution is 2.26. The van der Waals surface area contributed by atoms with Crippen LogP contribution in [0.25, 0.3) is 0 Å². The molecule has 1 aromatic heterocycles. The summed E-state index contributed by atoms with van der Waals surface area (Å²) in [6, 6.07) is 16.4. The molecule has 1 amide bonds. The van der Waals surface area contributed by atoms with E-state index in [4.69, 9.17) is 0 Å². The summed E-state index contributed by atoms with van der Waals surface area (Å²) in [5.41, 5.74) is 2.07. The Morgan fingerprint density at radius 2 is 1.83 bits per heavy atom. The smallest absolute Gasteiger partial charge is 0.233 e. The van der Waals surface area contributed by atoms with Crippen molar-refractivity contribution < 1.29 is 9.18 Å². The van der Waals surface area contributed by atoms with Crippen LogP contribution in [0.2, 0.25) is 0 Å². The van der Waals surface area contributed by atoms with E-state index >= 15 is 0 Å². The zero-order valence-corrected chi connectivity index (χ0v) is 18.0. The van der Waals surface area contributed by atoms with Crippen molar-refractivity contribution in [1.82, 2.24) is 15.1 Å². The van der Waals surface area contributed by atoms with Gasteiger partial charge in [-0.15, -0.1) is 10.2 Å². The number of carbonyl (C=O) groups is 1. The number of nitrogens with one attached hydrogen (secondary N) is 1. The van der Waals surface area contributed by atoms with Crippen LogP contribution in [0.5, 0.6) is 0 Å². The average molecular weight is 431 g/mol. The van der Waals surface area contributed by atoms with Crippen molar-refractivity contribution in [3.05, 3.63) is 71.5 Å². The first kappa shape index (κ1) is 21.3. The lowest BCUT2D eigenvalue weighted by Gasteiger charge is -2.26. The number of thioether (sulfide) groups is 1. The molecule has 0 saturated heterocycles. The van der Waals surface area contributed by atoms with Crippen LogP contribution in [-0.2, 0) is 17.9 Å². The molecule has 3 rings (SSSR count). The SMILES string of the molecule is CC(C)N(Cc1ccccc1)C(=O)CSc1nnc(NCc2ccc(F)cc2)s1. The number of carbonyl (C=O) groups excluding carboxylic acids is 1. The molecule has 3 aromatic rings. The van der Waals surface area contributed by atoms with Gasteiger partial charge in [-0.1, -0.05) is 65.6 Å². The third-order valence-electron chi connectivity index (χ3n) is 4.22. The van der Waals surface area contributed by atoms with E-state index < -0.39 is 0 Å². The Morgan fingerprint density at radius 1 is 1.10 bits per heavy atom. The summed E-state index contributed by atoms with van der Waals surface area (Å²) in [4.78, 5) is 14.6. The molecule has 0 spiro atoms. The van der Waals surface area contributed by atoms with Crippen LogP contribution >= 0.6 is 23.1 Å². The van der Waals surface area contributed by atoms with Gasteiger partial charge in [0.05, 0.1) is 5.75 Å². The molecule has 2 aromatic carbocycles. The quantitative estimate of drug-likeness (QED) is 0.493. The minimum Gasteiger partial charge on any atom is -0.356 e. The lowest BCUT2D eigenvalue weighted by molar-refractivity contribution is -0.130. The number of rotatable bonds is 9. The number of amides is 1. The van der Waals surface area contributed by atoms with E-state index in [0.717, 1.165) is 15.5 Å². The van der Waals surface area contributed by atoms with E-state index in [2.05, 4.69) is 15.5 Å². The summed E-state index contributed by atoms with van der Waals surface area (Å²) in [6.07, 6.45) is 0. The number of benzene rings is 2. The van der Waals surface area contributed by atoms with Gasteiger partial charge in [-0.3, -0.25) is 4.79 Å². The molecule has 5 nitrogen and oxygen atoms in total. The van der Waals surface area contributed by atoms with Crippen molar-refractivity contribution in [2.45, 2.75) is 37.3 Å². The molecule has 8 heteroatoms. The van der Waals surface area contributed by atoms with Gasteiger partial charge in [0, 0.05) is 19.1 Å². The maximum atomic E-state index is 13.0. The highest BCUT2D eigenvalue weighted by atomic mass is 32.2. The predicted molar refractivity (Wildman–Crippen MR) is 116 cm³/mol. The van der Waals surface area contributed by atoms with Crippen LogP contribution < -0.4 is 5.32 Å². The van der Waals surface area contributed by atoms with Gasteiger partial charge < -0.3 is 10.2 Å². The molecule has 29 heavy (non-hydrogen) atoms. The molecular weight excluding hydrogens is 407 g/mol. The molecule has 0 unspecified atom stereocenters. The summed E-state index contributed by atoms with van der Waals surface area (Å²) < 4.78 is 13.7. The second kappa shape index (κ2) is 10.4. The number of hydrogen-bond donors (Lipinski definition) is 1. The Kier molecular flexibility index (Phi) is 7.60. The first-order valence-electron chi connectivity index (χ1n) is 9.29. The number of nitrogens with zero attached hydrogens (tertiary/aromatic N) is 3. The lowest BCUT2D eigenvalue weighted by Crippen LogP contribution is -2.37. The highest BCUT2D eigenvalue weighted by molar-refractivity contribution is 8.01. The Bertz CT molecular complexity index is 916. The van der Waals surface area contributed by atoms with Crippen molar-refractivity contribution in [3.8, 4) is 0 Å². The maximum Gasteiger partial charge on any atom is 0.233 e. The molecule has 0 bridgehead atoms. The highest BCUT2D eigenvalue weighted by Gasteiger charge is 2.18. The van der Waals surface area contributed by atoms with E-state index in [-0.39, 0.29) is 17.8 Å². The van der Waals surface area contributed by atoms with Crippen LogP contribution in [0.3, 0.4) is 0 Å². The first-order valence-corrected chi connectivity index (χ1v) is 11.1. The molecule has 0 saturated carbocycles. The van der Waals surface area contributed by atoms with Gasteiger partial charge in [-0.2, -0.15) is 0 Å². The standard InChI is InChI=1S/C21H23FN4OS2/c1-15(2)26(13-17-6-4-3-5-7-17)19(27)14-28-21-25-24-20(29-21)23-12-16-8-10-18(22)11-9-16/h3-11,15H,12-14H2,1-2H3,(H,23,24). The molecule has 0 aliphatic rings. The number of aromatic nitrogens is 2. The summed E-state index contributed by atoms with van der Waals surface area (Å²) in [5.74, 6) is 0.137. The van der Waals surface area contributed by atoms with Gasteiger partial charge in [0.2, 0.25) is 11.0 Å². The molecule has 0 aliphatic carbocycles. The zero-order chi connectivity index (χ0) is 20.6. The van der Waals surface area contributed by atoms with Crippen LogP contribution in [0, 0.1) is 5.82 Å². The van der Waals surface area contributed by atoms with Crippen LogP contribution in [0.15, 0.2) is 58.9 Å². The number of halogens is 1. The molecule has 1 heterocycles. The van der Waals surface area contributed by atoms with Crippen LogP contribution in [0.4, 0.5) is 9.52 Å². The summed E-state index contributed by atoms with van der Waals surface area (Å²) in [5, 5.41) is 12.1. The van der Waals surface area contributed by atoms with Crippen LogP contribution in [0.1, 0.15) is 25.0 Å². The minimum absolute atomic E-state index is 0.0740. The van der Waals surface area contributed by atoms with Crippen LogP contribution in [-0.4, -0.2) is 32.8 Å². The Labute approximate surface area is 178 Å². The Balaban J connectivity index is 1.50. The van der Waals surface area contributed by atoms with Gasteiger partial charge in [0.15, 0.2) is 4.34 Å². The van der Waals surface area contributed by atoms with Crippen molar-refractivity contribution in [1.29, 1.82) is 0 Å². The molecule has 0 aliphatic heterocycles. The monoisotopic (exact) mass is 430 g/mol. The molecule has 152 valence electrons. The van der Waals surface area contributed by atoms with E-state index in [0.29, 0.717) is 24.0 Å². The molecule has 1 N–H and O–H groups in total. The fourth-order valence-electron chi connectivity index (χ4n) is 2.66. The van der Waals surface area contributed by atoms with Gasteiger partial charge in [-0.25, -0.2) is 4.39 Å². The lowest BCUT2D eigenvalue weighted by atomic mass is 10.2. The largest absolute Gasteiger partial charge is 0.356 e. The number of hydrogen-bond acceptors (Lipinski definition) is 6.